The summed E-state index contributed by atoms with van der Waals surface area (Å²) in [6.07, 6.45) is -4.81. The fourth-order valence-electron chi connectivity index (χ4n) is 2.80. The van der Waals surface area contributed by atoms with Crippen LogP contribution >= 0.6 is 0 Å². The maximum Gasteiger partial charge on any atom is 0.450 e. The van der Waals surface area contributed by atoms with Gasteiger partial charge in [-0.15, -0.1) is 0 Å². The van der Waals surface area contributed by atoms with Crippen LogP contribution in [0.5, 0.6) is 11.5 Å². The monoisotopic (exact) mass is 348 g/mol. The van der Waals surface area contributed by atoms with Crippen molar-refractivity contribution >= 4 is 11.0 Å². The molecule has 0 amide bonds. The van der Waals surface area contributed by atoms with Gasteiger partial charge in [0.1, 0.15) is 18.8 Å². The van der Waals surface area contributed by atoms with Crippen LogP contribution in [0, 0.1) is 0 Å². The number of benzene rings is 2. The molecule has 1 aromatic heterocycles. The van der Waals surface area contributed by atoms with Gasteiger partial charge in [0.05, 0.1) is 10.9 Å². The Morgan fingerprint density at radius 3 is 2.40 bits per heavy atom. The van der Waals surface area contributed by atoms with Crippen LogP contribution in [0.1, 0.15) is 5.76 Å². The zero-order chi connectivity index (χ0) is 17.6. The van der Waals surface area contributed by atoms with Crippen LogP contribution in [0.3, 0.4) is 0 Å². The third kappa shape index (κ3) is 2.61. The lowest BCUT2D eigenvalue weighted by Crippen LogP contribution is -2.17. The minimum atomic E-state index is -4.81. The molecule has 1 aliphatic heterocycles. The summed E-state index contributed by atoms with van der Waals surface area (Å²) in [4.78, 5) is 12.7. The highest BCUT2D eigenvalue weighted by atomic mass is 19.4. The van der Waals surface area contributed by atoms with E-state index in [0.717, 1.165) is 0 Å². The molecule has 0 spiro atoms. The van der Waals surface area contributed by atoms with Crippen molar-refractivity contribution in [2.75, 3.05) is 13.2 Å². The molecule has 0 atom stereocenters. The second kappa shape index (κ2) is 5.54. The van der Waals surface area contributed by atoms with Crippen molar-refractivity contribution in [2.45, 2.75) is 6.18 Å². The Morgan fingerprint density at radius 2 is 1.64 bits per heavy atom. The molecule has 0 fully saturated rings. The van der Waals surface area contributed by atoms with E-state index in [4.69, 9.17) is 13.9 Å². The molecule has 0 unspecified atom stereocenters. The second-order valence-electron chi connectivity index (χ2n) is 5.49. The highest BCUT2D eigenvalue weighted by molar-refractivity contribution is 5.83. The van der Waals surface area contributed by atoms with E-state index in [1.54, 1.807) is 6.07 Å². The van der Waals surface area contributed by atoms with Gasteiger partial charge in [0.15, 0.2) is 11.5 Å². The summed E-state index contributed by atoms with van der Waals surface area (Å²) in [6, 6.07) is 10.1. The van der Waals surface area contributed by atoms with Gasteiger partial charge in [-0.05, 0) is 29.8 Å². The second-order valence-corrected chi connectivity index (χ2v) is 5.49. The molecule has 4 nitrogen and oxygen atoms in total. The molecular weight excluding hydrogens is 337 g/mol. The lowest BCUT2D eigenvalue weighted by atomic mass is 10.0. The van der Waals surface area contributed by atoms with Crippen LogP contribution < -0.4 is 14.9 Å². The van der Waals surface area contributed by atoms with E-state index in [2.05, 4.69) is 0 Å². The Morgan fingerprint density at radius 1 is 0.920 bits per heavy atom. The summed E-state index contributed by atoms with van der Waals surface area (Å²) >= 11 is 0. The Kier molecular flexibility index (Phi) is 3.45. The van der Waals surface area contributed by atoms with Gasteiger partial charge in [0, 0.05) is 0 Å². The highest BCUT2D eigenvalue weighted by Crippen LogP contribution is 2.40. The Balaban J connectivity index is 2.03. The van der Waals surface area contributed by atoms with Gasteiger partial charge < -0.3 is 13.9 Å². The minimum absolute atomic E-state index is 0.0658. The number of fused-ring (bicyclic) bond motifs is 2. The standard InChI is InChI=1S/C18H11F3O4/c19-18(20,21)17-15(16(22)11-3-1-2-4-12(11)25-17)10-5-6-13-14(9-10)24-8-7-23-13/h1-6,9H,7-8H2. The van der Waals surface area contributed by atoms with E-state index in [1.165, 1.54) is 36.4 Å². The van der Waals surface area contributed by atoms with Gasteiger partial charge in [0.2, 0.25) is 11.2 Å². The van der Waals surface area contributed by atoms with E-state index < -0.39 is 22.9 Å². The molecule has 3 aromatic rings. The SMILES string of the molecule is O=c1c(-c2ccc3c(c2)OCCO3)c(C(F)(F)F)oc2ccccc12. The predicted molar refractivity (Wildman–Crippen MR) is 83.9 cm³/mol. The number of halogens is 3. The molecule has 0 saturated heterocycles. The first-order chi connectivity index (χ1) is 11.9. The van der Waals surface area contributed by atoms with Gasteiger partial charge >= 0.3 is 6.18 Å². The summed E-state index contributed by atoms with van der Waals surface area (Å²) in [6.45, 7) is 0.646. The number of hydrogen-bond donors (Lipinski definition) is 0. The normalized spacial score (nSPS) is 13.9. The predicted octanol–water partition coefficient (Wildman–Crippen LogP) is 4.25. The number of para-hydroxylation sites is 1. The average Bonchev–Trinajstić information content (AvgIpc) is 2.60. The molecule has 0 saturated carbocycles. The van der Waals surface area contributed by atoms with Gasteiger partial charge in [-0.3, -0.25) is 4.79 Å². The molecule has 128 valence electrons. The van der Waals surface area contributed by atoms with Crippen LogP contribution in [-0.4, -0.2) is 13.2 Å². The Bertz CT molecular complexity index is 1020. The third-order valence-electron chi connectivity index (χ3n) is 3.89. The van der Waals surface area contributed by atoms with Crippen molar-refractivity contribution in [3.63, 3.8) is 0 Å². The molecule has 0 N–H and O–H groups in total. The van der Waals surface area contributed by atoms with Crippen molar-refractivity contribution in [1.82, 2.24) is 0 Å². The first-order valence-electron chi connectivity index (χ1n) is 7.48. The molecular formula is C18H11F3O4. The van der Waals surface area contributed by atoms with Crippen molar-refractivity contribution in [2.24, 2.45) is 0 Å². The number of rotatable bonds is 1. The molecule has 0 bridgehead atoms. The summed E-state index contributed by atoms with van der Waals surface area (Å²) in [5.41, 5.74) is -1.33. The number of alkyl halides is 3. The zero-order valence-electron chi connectivity index (χ0n) is 12.7. The van der Waals surface area contributed by atoms with Crippen molar-refractivity contribution in [1.29, 1.82) is 0 Å². The highest BCUT2D eigenvalue weighted by Gasteiger charge is 2.39. The van der Waals surface area contributed by atoms with Gasteiger partial charge in [0.25, 0.3) is 0 Å². The summed E-state index contributed by atoms with van der Waals surface area (Å²) in [5, 5.41) is 0.0837. The first kappa shape index (κ1) is 15.6. The van der Waals surface area contributed by atoms with E-state index in [-0.39, 0.29) is 23.1 Å². The minimum Gasteiger partial charge on any atom is -0.486 e. The third-order valence-corrected chi connectivity index (χ3v) is 3.89. The molecule has 7 heteroatoms. The fourth-order valence-corrected chi connectivity index (χ4v) is 2.80. The summed E-state index contributed by atoms with van der Waals surface area (Å²) in [7, 11) is 0. The van der Waals surface area contributed by atoms with Crippen LogP contribution in [0.15, 0.2) is 51.7 Å². The largest absolute Gasteiger partial charge is 0.486 e. The lowest BCUT2D eigenvalue weighted by Gasteiger charge is -2.19. The van der Waals surface area contributed by atoms with Gasteiger partial charge in [-0.25, -0.2) is 0 Å². The summed E-state index contributed by atoms with van der Waals surface area (Å²) < 4.78 is 56.3. The van der Waals surface area contributed by atoms with Crippen LogP contribution in [-0.2, 0) is 6.18 Å². The fraction of sp³-hybridized carbons (Fsp3) is 0.167. The maximum absolute atomic E-state index is 13.5. The molecule has 2 aromatic carbocycles. The number of hydrogen-bond acceptors (Lipinski definition) is 4. The van der Waals surface area contributed by atoms with E-state index in [1.807, 2.05) is 0 Å². The van der Waals surface area contributed by atoms with Crippen molar-refractivity contribution in [3.05, 3.63) is 58.4 Å². The molecule has 0 radical (unpaired) electrons. The molecule has 1 aliphatic rings. The molecule has 0 aliphatic carbocycles. The van der Waals surface area contributed by atoms with Crippen molar-refractivity contribution < 1.29 is 27.1 Å². The average molecular weight is 348 g/mol. The molecule has 2 heterocycles. The van der Waals surface area contributed by atoms with Crippen LogP contribution in [0.4, 0.5) is 13.2 Å². The van der Waals surface area contributed by atoms with Crippen LogP contribution in [0.25, 0.3) is 22.1 Å². The Hall–Kier alpha value is -2.96. The van der Waals surface area contributed by atoms with E-state index >= 15 is 0 Å². The topological polar surface area (TPSA) is 48.7 Å². The van der Waals surface area contributed by atoms with Gasteiger partial charge in [-0.1, -0.05) is 18.2 Å². The smallest absolute Gasteiger partial charge is 0.450 e. The Labute approximate surface area is 139 Å². The molecule has 25 heavy (non-hydrogen) atoms. The summed E-state index contributed by atoms with van der Waals surface area (Å²) in [5.74, 6) is -0.606. The lowest BCUT2D eigenvalue weighted by molar-refractivity contribution is -0.152. The van der Waals surface area contributed by atoms with Crippen LogP contribution in [0.2, 0.25) is 0 Å². The quantitative estimate of drug-likeness (QED) is 0.660. The van der Waals surface area contributed by atoms with Gasteiger partial charge in [-0.2, -0.15) is 13.2 Å². The molecule has 4 rings (SSSR count). The van der Waals surface area contributed by atoms with Crippen molar-refractivity contribution in [3.8, 4) is 22.6 Å². The zero-order valence-corrected chi connectivity index (χ0v) is 12.7. The van der Waals surface area contributed by atoms with E-state index in [0.29, 0.717) is 18.1 Å². The maximum atomic E-state index is 13.5. The first-order valence-corrected chi connectivity index (χ1v) is 7.48. The number of ether oxygens (including phenoxy) is 2. The van der Waals surface area contributed by atoms with E-state index in [9.17, 15) is 18.0 Å².